The van der Waals surface area contributed by atoms with Crippen LogP contribution in [0.15, 0.2) is 66.7 Å². The van der Waals surface area contributed by atoms with Crippen molar-refractivity contribution in [2.45, 2.75) is 24.7 Å². The summed E-state index contributed by atoms with van der Waals surface area (Å²) >= 11 is 5.93. The van der Waals surface area contributed by atoms with Crippen LogP contribution in [-0.2, 0) is 15.3 Å². The summed E-state index contributed by atoms with van der Waals surface area (Å²) in [5.74, 6) is 0.882. The fraction of sp³-hybridized carbons (Fsp3) is 0.261. The molecule has 5 heteroatoms. The molecule has 142 valence electrons. The lowest BCUT2D eigenvalue weighted by atomic mass is 9.94. The number of ether oxygens (including phenoxy) is 2. The van der Waals surface area contributed by atoms with Crippen molar-refractivity contribution < 1.29 is 14.3 Å². The molecule has 5 rings (SSSR count). The molecule has 0 N–H and O–H groups in total. The van der Waals surface area contributed by atoms with Gasteiger partial charge in [-0.15, -0.1) is 0 Å². The van der Waals surface area contributed by atoms with Gasteiger partial charge in [-0.2, -0.15) is 0 Å². The summed E-state index contributed by atoms with van der Waals surface area (Å²) in [7, 11) is 0. The van der Waals surface area contributed by atoms with Crippen molar-refractivity contribution in [1.29, 1.82) is 0 Å². The van der Waals surface area contributed by atoms with Crippen LogP contribution in [0.5, 0.6) is 5.75 Å². The number of amides is 1. The van der Waals surface area contributed by atoms with Gasteiger partial charge in [-0.1, -0.05) is 54.1 Å². The molecule has 0 spiro atoms. The first-order chi connectivity index (χ1) is 13.7. The molecule has 0 aromatic heterocycles. The van der Waals surface area contributed by atoms with Gasteiger partial charge < -0.3 is 14.4 Å². The number of benzene rings is 3. The molecule has 2 saturated heterocycles. The molecule has 28 heavy (non-hydrogen) atoms. The Labute approximate surface area is 168 Å². The Kier molecular flexibility index (Phi) is 4.26. The van der Waals surface area contributed by atoms with Gasteiger partial charge >= 0.3 is 0 Å². The van der Waals surface area contributed by atoms with Crippen molar-refractivity contribution in [3.05, 3.63) is 77.3 Å². The Morgan fingerprint density at radius 2 is 1.86 bits per heavy atom. The second kappa shape index (κ2) is 6.80. The smallest absolute Gasteiger partial charge is 0.225 e. The third-order valence-electron chi connectivity index (χ3n) is 5.62. The predicted molar refractivity (Wildman–Crippen MR) is 108 cm³/mol. The van der Waals surface area contributed by atoms with Crippen molar-refractivity contribution in [1.82, 2.24) is 4.90 Å². The van der Waals surface area contributed by atoms with E-state index in [9.17, 15) is 4.79 Å². The molecule has 0 aliphatic carbocycles. The Hall–Kier alpha value is -2.56. The number of carbonyl (C=O) groups is 1. The van der Waals surface area contributed by atoms with E-state index in [-0.39, 0.29) is 12.0 Å². The van der Waals surface area contributed by atoms with Crippen LogP contribution >= 0.6 is 11.6 Å². The van der Waals surface area contributed by atoms with Crippen molar-refractivity contribution in [3.63, 3.8) is 0 Å². The van der Waals surface area contributed by atoms with E-state index in [1.54, 1.807) is 12.1 Å². The summed E-state index contributed by atoms with van der Waals surface area (Å²) < 4.78 is 12.4. The van der Waals surface area contributed by atoms with Gasteiger partial charge in [0.15, 0.2) is 5.72 Å². The van der Waals surface area contributed by atoms with E-state index in [0.29, 0.717) is 31.0 Å². The van der Waals surface area contributed by atoms with E-state index in [2.05, 4.69) is 24.3 Å². The lowest BCUT2D eigenvalue weighted by Crippen LogP contribution is -2.39. The summed E-state index contributed by atoms with van der Waals surface area (Å²) in [5.41, 5.74) is 0.358. The minimum atomic E-state index is -0.702. The SMILES string of the molecule is O=C1CC[C@]2(c3cccc4ccccc34)O[C@H](COc3ccc(Cl)cc3)CN12. The van der Waals surface area contributed by atoms with Crippen LogP contribution in [-0.4, -0.2) is 30.1 Å². The van der Waals surface area contributed by atoms with Crippen LogP contribution in [0.2, 0.25) is 5.02 Å². The minimum absolute atomic E-state index is 0.141. The number of nitrogens with zero attached hydrogens (tertiary/aromatic N) is 1. The number of rotatable bonds is 4. The quantitative estimate of drug-likeness (QED) is 0.642. The van der Waals surface area contributed by atoms with Crippen LogP contribution < -0.4 is 4.74 Å². The first kappa shape index (κ1) is 17.5. The first-order valence-corrected chi connectivity index (χ1v) is 9.88. The number of fused-ring (bicyclic) bond motifs is 2. The van der Waals surface area contributed by atoms with Gasteiger partial charge in [-0.25, -0.2) is 0 Å². The third kappa shape index (κ3) is 2.84. The van der Waals surface area contributed by atoms with Crippen LogP contribution in [0.1, 0.15) is 18.4 Å². The largest absolute Gasteiger partial charge is 0.491 e. The lowest BCUT2D eigenvalue weighted by Gasteiger charge is -2.32. The Morgan fingerprint density at radius 3 is 2.71 bits per heavy atom. The van der Waals surface area contributed by atoms with E-state index in [1.165, 1.54) is 0 Å². The van der Waals surface area contributed by atoms with Gasteiger partial charge in [0.25, 0.3) is 0 Å². The summed E-state index contributed by atoms with van der Waals surface area (Å²) in [5, 5.41) is 2.95. The second-order valence-electron chi connectivity index (χ2n) is 7.32. The predicted octanol–water partition coefficient (Wildman–Crippen LogP) is 4.75. The molecule has 2 aliphatic rings. The first-order valence-electron chi connectivity index (χ1n) is 9.51. The highest BCUT2D eigenvalue weighted by atomic mass is 35.5. The van der Waals surface area contributed by atoms with E-state index < -0.39 is 5.72 Å². The van der Waals surface area contributed by atoms with Crippen LogP contribution in [0, 0.1) is 0 Å². The number of halogens is 1. The average molecular weight is 394 g/mol. The van der Waals surface area contributed by atoms with E-state index in [0.717, 1.165) is 22.1 Å². The minimum Gasteiger partial charge on any atom is -0.491 e. The maximum Gasteiger partial charge on any atom is 0.225 e. The van der Waals surface area contributed by atoms with Crippen LogP contribution in [0.3, 0.4) is 0 Å². The lowest BCUT2D eigenvalue weighted by molar-refractivity contribution is -0.140. The van der Waals surface area contributed by atoms with E-state index in [1.807, 2.05) is 35.2 Å². The zero-order valence-electron chi connectivity index (χ0n) is 15.3. The molecule has 2 aliphatic heterocycles. The molecule has 4 nitrogen and oxygen atoms in total. The Morgan fingerprint density at radius 1 is 1.07 bits per heavy atom. The van der Waals surface area contributed by atoms with E-state index >= 15 is 0 Å². The van der Waals surface area contributed by atoms with Gasteiger partial charge in [-0.3, -0.25) is 4.79 Å². The molecular weight excluding hydrogens is 374 g/mol. The van der Waals surface area contributed by atoms with Crippen molar-refractivity contribution >= 4 is 28.3 Å². The highest BCUT2D eigenvalue weighted by Crippen LogP contribution is 2.47. The van der Waals surface area contributed by atoms with Crippen molar-refractivity contribution in [3.8, 4) is 5.75 Å². The molecule has 2 atom stereocenters. The Balaban J connectivity index is 1.44. The normalized spacial score (nSPS) is 24.0. The summed E-state index contributed by atoms with van der Waals surface area (Å²) in [6.07, 6.45) is 0.990. The monoisotopic (exact) mass is 393 g/mol. The fourth-order valence-corrected chi connectivity index (χ4v) is 4.48. The van der Waals surface area contributed by atoms with Gasteiger partial charge in [-0.05, 0) is 35.0 Å². The highest BCUT2D eigenvalue weighted by Gasteiger charge is 2.55. The molecule has 0 saturated carbocycles. The molecule has 2 heterocycles. The molecule has 3 aromatic rings. The molecular formula is C23H20ClNO3. The van der Waals surface area contributed by atoms with Crippen LogP contribution in [0.25, 0.3) is 10.8 Å². The highest BCUT2D eigenvalue weighted by molar-refractivity contribution is 6.30. The maximum absolute atomic E-state index is 12.6. The number of hydrogen-bond donors (Lipinski definition) is 0. The Bertz CT molecular complexity index is 1030. The van der Waals surface area contributed by atoms with Gasteiger partial charge in [0, 0.05) is 23.4 Å². The van der Waals surface area contributed by atoms with Crippen molar-refractivity contribution in [2.75, 3.05) is 13.2 Å². The number of hydrogen-bond acceptors (Lipinski definition) is 3. The third-order valence-corrected chi connectivity index (χ3v) is 5.87. The second-order valence-corrected chi connectivity index (χ2v) is 7.76. The fourth-order valence-electron chi connectivity index (χ4n) is 4.35. The molecule has 3 aromatic carbocycles. The van der Waals surface area contributed by atoms with Crippen LogP contribution in [0.4, 0.5) is 0 Å². The molecule has 0 unspecified atom stereocenters. The molecule has 0 radical (unpaired) electrons. The zero-order valence-corrected chi connectivity index (χ0v) is 16.1. The van der Waals surface area contributed by atoms with Crippen molar-refractivity contribution in [2.24, 2.45) is 0 Å². The van der Waals surface area contributed by atoms with Gasteiger partial charge in [0.2, 0.25) is 5.91 Å². The molecule has 2 fully saturated rings. The van der Waals surface area contributed by atoms with E-state index in [4.69, 9.17) is 21.1 Å². The van der Waals surface area contributed by atoms with Gasteiger partial charge in [0.05, 0.1) is 6.54 Å². The van der Waals surface area contributed by atoms with Gasteiger partial charge in [0.1, 0.15) is 18.5 Å². The molecule has 1 amide bonds. The summed E-state index contributed by atoms with van der Waals surface area (Å²) in [4.78, 5) is 14.5. The number of carbonyl (C=O) groups excluding carboxylic acids is 1. The standard InChI is InChI=1S/C23H20ClNO3/c24-17-8-10-18(11-9-17)27-15-19-14-25-22(26)12-13-23(25,28-19)21-7-3-5-16-4-1-2-6-20(16)21/h1-11,19H,12-15H2/t19-,23+/m0/s1. The summed E-state index contributed by atoms with van der Waals surface area (Å²) in [6.45, 7) is 0.924. The zero-order chi connectivity index (χ0) is 19.1. The summed E-state index contributed by atoms with van der Waals surface area (Å²) in [6, 6.07) is 21.7. The topological polar surface area (TPSA) is 38.8 Å². The average Bonchev–Trinajstić information content (AvgIpc) is 3.25. The maximum atomic E-state index is 12.6. The molecule has 0 bridgehead atoms.